The van der Waals surface area contributed by atoms with Crippen molar-refractivity contribution in [3.05, 3.63) is 12.2 Å². The van der Waals surface area contributed by atoms with Crippen molar-refractivity contribution in [1.29, 1.82) is 0 Å². The molecule has 0 aliphatic heterocycles. The smallest absolute Gasteiger partial charge is 0.336 e. The first-order valence-corrected chi connectivity index (χ1v) is 7.18. The number of aliphatic carboxylic acids is 1. The molecule has 0 amide bonds. The third-order valence-electron chi connectivity index (χ3n) is 3.22. The highest BCUT2D eigenvalue weighted by molar-refractivity contribution is 5.75. The van der Waals surface area contributed by atoms with Crippen LogP contribution in [0.1, 0.15) is 71.1 Å². The molecule has 0 aliphatic rings. The second-order valence-corrected chi connectivity index (χ2v) is 4.98. The quantitative estimate of drug-likeness (QED) is 0.411. The van der Waals surface area contributed by atoms with Crippen molar-refractivity contribution >= 4 is 5.97 Å². The number of unbranched alkanes of at least 4 members (excludes halogenated alkanes) is 8. The van der Waals surface area contributed by atoms with Gasteiger partial charge in [0.1, 0.15) is 0 Å². The van der Waals surface area contributed by atoms with Crippen LogP contribution in [0.15, 0.2) is 12.2 Å². The van der Waals surface area contributed by atoms with Crippen LogP contribution in [0.4, 0.5) is 0 Å². The Kier molecular flexibility index (Phi) is 10.8. The van der Waals surface area contributed by atoms with Crippen molar-refractivity contribution < 1.29 is 15.0 Å². The molecule has 0 radical (unpaired) electrons. The van der Waals surface area contributed by atoms with E-state index in [2.05, 4.69) is 13.5 Å². The van der Waals surface area contributed by atoms with E-state index in [0.717, 1.165) is 12.8 Å². The van der Waals surface area contributed by atoms with Gasteiger partial charge in [-0.3, -0.25) is 0 Å². The predicted molar refractivity (Wildman–Crippen MR) is 74.6 cm³/mol. The summed E-state index contributed by atoms with van der Waals surface area (Å²) < 4.78 is 0. The molecule has 1 unspecified atom stereocenters. The van der Waals surface area contributed by atoms with E-state index in [-0.39, 0.29) is 0 Å². The van der Waals surface area contributed by atoms with Gasteiger partial charge in [0.05, 0.1) is 0 Å². The minimum atomic E-state index is -1.39. The largest absolute Gasteiger partial charge is 0.479 e. The van der Waals surface area contributed by atoms with Gasteiger partial charge in [-0.25, -0.2) is 4.79 Å². The molecule has 0 heterocycles. The summed E-state index contributed by atoms with van der Waals surface area (Å²) in [7, 11) is 0. The fourth-order valence-corrected chi connectivity index (χ4v) is 1.97. The minimum absolute atomic E-state index is 0.422. The zero-order valence-electron chi connectivity index (χ0n) is 11.7. The average Bonchev–Trinajstić information content (AvgIpc) is 2.35. The van der Waals surface area contributed by atoms with Crippen LogP contribution in [0.3, 0.4) is 0 Å². The van der Waals surface area contributed by atoms with Crippen molar-refractivity contribution in [2.45, 2.75) is 77.2 Å². The van der Waals surface area contributed by atoms with Crippen LogP contribution in [0.5, 0.6) is 0 Å². The lowest BCUT2D eigenvalue weighted by atomic mass is 10.0. The van der Waals surface area contributed by atoms with Crippen molar-refractivity contribution in [3.8, 4) is 0 Å². The van der Waals surface area contributed by atoms with Gasteiger partial charge in [0, 0.05) is 0 Å². The summed E-state index contributed by atoms with van der Waals surface area (Å²) in [6, 6.07) is 0. The molecule has 0 bridgehead atoms. The highest BCUT2D eigenvalue weighted by Crippen LogP contribution is 2.14. The second kappa shape index (κ2) is 11.3. The Hall–Kier alpha value is -0.830. The molecule has 0 saturated carbocycles. The minimum Gasteiger partial charge on any atom is -0.479 e. The van der Waals surface area contributed by atoms with Crippen LogP contribution < -0.4 is 0 Å². The van der Waals surface area contributed by atoms with Crippen LogP contribution in [0.25, 0.3) is 0 Å². The van der Waals surface area contributed by atoms with E-state index in [1.807, 2.05) is 0 Å². The highest BCUT2D eigenvalue weighted by Gasteiger charge is 2.15. The van der Waals surface area contributed by atoms with Gasteiger partial charge in [0.25, 0.3) is 0 Å². The van der Waals surface area contributed by atoms with E-state index in [9.17, 15) is 9.90 Å². The fraction of sp³-hybridized carbons (Fsp3) is 0.800. The normalized spacial score (nSPS) is 12.3. The van der Waals surface area contributed by atoms with Gasteiger partial charge >= 0.3 is 5.97 Å². The molecule has 0 rings (SSSR count). The Morgan fingerprint density at radius 3 is 1.89 bits per heavy atom. The van der Waals surface area contributed by atoms with Gasteiger partial charge in [0.2, 0.25) is 0 Å². The number of carboxylic acids is 1. The van der Waals surface area contributed by atoms with E-state index in [1.54, 1.807) is 0 Å². The molecule has 0 aromatic carbocycles. The standard InChI is InChI=1S/C15H28O3/c1-3-4-5-6-7-8-9-10-11-12-13(2)14(16)15(17)18/h14,16H,2-12H2,1H3,(H,17,18). The summed E-state index contributed by atoms with van der Waals surface area (Å²) in [5.74, 6) is -1.20. The lowest BCUT2D eigenvalue weighted by Crippen LogP contribution is -2.21. The zero-order valence-corrected chi connectivity index (χ0v) is 11.7. The van der Waals surface area contributed by atoms with Crippen LogP contribution in [-0.4, -0.2) is 22.3 Å². The van der Waals surface area contributed by atoms with Gasteiger partial charge in [-0.05, 0) is 18.4 Å². The topological polar surface area (TPSA) is 57.5 Å². The molecular formula is C15H28O3. The number of carbonyl (C=O) groups is 1. The Bertz CT molecular complexity index is 236. The Labute approximate surface area is 111 Å². The van der Waals surface area contributed by atoms with E-state index in [1.165, 1.54) is 44.9 Å². The fourth-order valence-electron chi connectivity index (χ4n) is 1.97. The maximum Gasteiger partial charge on any atom is 0.336 e. The van der Waals surface area contributed by atoms with Crippen molar-refractivity contribution in [2.75, 3.05) is 0 Å². The molecule has 0 aromatic rings. The molecule has 0 fully saturated rings. The van der Waals surface area contributed by atoms with E-state index in [0.29, 0.717) is 12.0 Å². The number of hydrogen-bond donors (Lipinski definition) is 2. The number of carboxylic acid groups (broad SMARTS) is 1. The van der Waals surface area contributed by atoms with Gasteiger partial charge in [-0.2, -0.15) is 0 Å². The first-order chi connectivity index (χ1) is 8.59. The second-order valence-electron chi connectivity index (χ2n) is 4.98. The molecule has 0 spiro atoms. The highest BCUT2D eigenvalue weighted by atomic mass is 16.4. The van der Waals surface area contributed by atoms with Crippen LogP contribution in [0, 0.1) is 0 Å². The molecule has 3 nitrogen and oxygen atoms in total. The molecular weight excluding hydrogens is 228 g/mol. The summed E-state index contributed by atoms with van der Waals surface area (Å²) in [4.78, 5) is 10.5. The van der Waals surface area contributed by atoms with Gasteiger partial charge in [0.15, 0.2) is 6.10 Å². The number of aliphatic hydroxyl groups is 1. The van der Waals surface area contributed by atoms with Crippen LogP contribution in [0.2, 0.25) is 0 Å². The van der Waals surface area contributed by atoms with Gasteiger partial charge < -0.3 is 10.2 Å². The number of rotatable bonds is 12. The molecule has 0 aromatic heterocycles. The summed E-state index contributed by atoms with van der Waals surface area (Å²) >= 11 is 0. The summed E-state index contributed by atoms with van der Waals surface area (Å²) in [6.45, 7) is 5.83. The molecule has 18 heavy (non-hydrogen) atoms. The Morgan fingerprint density at radius 2 is 1.44 bits per heavy atom. The lowest BCUT2D eigenvalue weighted by molar-refractivity contribution is -0.144. The first-order valence-electron chi connectivity index (χ1n) is 7.18. The summed E-state index contributed by atoms with van der Waals surface area (Å²) in [5, 5.41) is 17.8. The molecule has 0 saturated heterocycles. The summed E-state index contributed by atoms with van der Waals surface area (Å²) in [5.41, 5.74) is 0.422. The van der Waals surface area contributed by atoms with Crippen molar-refractivity contribution in [2.24, 2.45) is 0 Å². The molecule has 106 valence electrons. The molecule has 3 heteroatoms. The van der Waals surface area contributed by atoms with Crippen LogP contribution >= 0.6 is 0 Å². The average molecular weight is 256 g/mol. The van der Waals surface area contributed by atoms with Crippen LogP contribution in [-0.2, 0) is 4.79 Å². The summed E-state index contributed by atoms with van der Waals surface area (Å²) in [6.07, 6.45) is 10.3. The number of hydrogen-bond acceptors (Lipinski definition) is 2. The molecule has 0 aliphatic carbocycles. The van der Waals surface area contributed by atoms with E-state index in [4.69, 9.17) is 5.11 Å². The van der Waals surface area contributed by atoms with Crippen molar-refractivity contribution in [3.63, 3.8) is 0 Å². The van der Waals surface area contributed by atoms with Gasteiger partial charge in [-0.1, -0.05) is 64.9 Å². The third kappa shape index (κ3) is 9.23. The number of aliphatic hydroxyl groups excluding tert-OH is 1. The monoisotopic (exact) mass is 256 g/mol. The molecule has 2 N–H and O–H groups in total. The Morgan fingerprint density at radius 1 is 1.00 bits per heavy atom. The third-order valence-corrected chi connectivity index (χ3v) is 3.22. The van der Waals surface area contributed by atoms with E-state index >= 15 is 0 Å². The van der Waals surface area contributed by atoms with Gasteiger partial charge in [-0.15, -0.1) is 0 Å². The Balaban J connectivity index is 3.30. The maximum atomic E-state index is 10.5. The SMILES string of the molecule is C=C(CCCCCCCCCCC)C(O)C(=O)O. The van der Waals surface area contributed by atoms with E-state index < -0.39 is 12.1 Å². The molecule has 1 atom stereocenters. The maximum absolute atomic E-state index is 10.5. The lowest BCUT2D eigenvalue weighted by Gasteiger charge is -2.08. The van der Waals surface area contributed by atoms with Crippen molar-refractivity contribution in [1.82, 2.24) is 0 Å². The first kappa shape index (κ1) is 17.2. The zero-order chi connectivity index (χ0) is 13.8. The predicted octanol–water partition coefficient (Wildman–Crippen LogP) is 3.91.